The molecule has 0 aromatic heterocycles. The Labute approximate surface area is 170 Å². The highest BCUT2D eigenvalue weighted by atomic mass is 32.2. The minimum Gasteiger partial charge on any atom is -0.355 e. The first kappa shape index (κ1) is 22.0. The number of hydrogen-bond donors (Lipinski definition) is 1. The highest BCUT2D eigenvalue weighted by Crippen LogP contribution is 2.18. The van der Waals surface area contributed by atoms with E-state index in [2.05, 4.69) is 5.32 Å². The molecule has 2 rings (SSSR count). The van der Waals surface area contributed by atoms with Crippen molar-refractivity contribution in [2.45, 2.75) is 39.1 Å². The van der Waals surface area contributed by atoms with Crippen molar-refractivity contribution in [3.05, 3.63) is 71.0 Å². The third kappa shape index (κ3) is 6.37. The number of nitrogens with zero attached hydrogens (tertiary/aromatic N) is 1. The van der Waals surface area contributed by atoms with Crippen LogP contribution in [0.1, 0.15) is 30.5 Å². The van der Waals surface area contributed by atoms with E-state index in [9.17, 15) is 14.0 Å². The van der Waals surface area contributed by atoms with Crippen molar-refractivity contribution in [2.24, 2.45) is 0 Å². The third-order valence-electron chi connectivity index (χ3n) is 4.43. The van der Waals surface area contributed by atoms with Gasteiger partial charge in [0.05, 0.1) is 5.75 Å². The number of benzene rings is 2. The molecule has 0 radical (unpaired) electrons. The standard InChI is InChI=1S/C22H27FN2O2S/c1-4-24-22(27)17(3)25(13-18-11-9-16(2)10-12-18)21(26)15-28-14-19-7-5-6-8-20(19)23/h5-12,17H,4,13-15H2,1-3H3,(H,24,27)/t17-/m0/s1. The van der Waals surface area contributed by atoms with Gasteiger partial charge >= 0.3 is 0 Å². The lowest BCUT2D eigenvalue weighted by Crippen LogP contribution is -2.48. The quantitative estimate of drug-likeness (QED) is 0.692. The molecule has 6 heteroatoms. The maximum Gasteiger partial charge on any atom is 0.242 e. The first-order chi connectivity index (χ1) is 13.4. The molecule has 0 unspecified atom stereocenters. The van der Waals surface area contributed by atoms with Gasteiger partial charge in [0, 0.05) is 18.8 Å². The minimum atomic E-state index is -0.581. The topological polar surface area (TPSA) is 49.4 Å². The number of amides is 2. The van der Waals surface area contributed by atoms with Crippen molar-refractivity contribution in [1.29, 1.82) is 0 Å². The number of halogens is 1. The van der Waals surface area contributed by atoms with Crippen LogP contribution in [0.2, 0.25) is 0 Å². The lowest BCUT2D eigenvalue weighted by atomic mass is 10.1. The molecule has 0 saturated heterocycles. The van der Waals surface area contributed by atoms with Crippen LogP contribution in [0, 0.1) is 12.7 Å². The molecule has 28 heavy (non-hydrogen) atoms. The van der Waals surface area contributed by atoms with E-state index in [4.69, 9.17) is 0 Å². The normalized spacial score (nSPS) is 11.7. The molecule has 2 amide bonds. The Bertz CT molecular complexity index is 795. The van der Waals surface area contributed by atoms with Crippen molar-refractivity contribution in [3.63, 3.8) is 0 Å². The van der Waals surface area contributed by atoms with Gasteiger partial charge in [-0.1, -0.05) is 48.0 Å². The van der Waals surface area contributed by atoms with Crippen LogP contribution in [0.15, 0.2) is 48.5 Å². The Balaban J connectivity index is 2.05. The first-order valence-corrected chi connectivity index (χ1v) is 10.5. The number of likely N-dealkylation sites (N-methyl/N-ethyl adjacent to an activating group) is 1. The number of nitrogens with one attached hydrogen (secondary N) is 1. The van der Waals surface area contributed by atoms with Gasteiger partial charge in [-0.2, -0.15) is 0 Å². The van der Waals surface area contributed by atoms with E-state index < -0.39 is 6.04 Å². The van der Waals surface area contributed by atoms with Gasteiger partial charge in [0.15, 0.2) is 0 Å². The van der Waals surface area contributed by atoms with Crippen LogP contribution < -0.4 is 5.32 Å². The average molecular weight is 403 g/mol. The fourth-order valence-corrected chi connectivity index (χ4v) is 3.64. The fourth-order valence-electron chi connectivity index (χ4n) is 2.74. The zero-order valence-electron chi connectivity index (χ0n) is 16.6. The molecule has 2 aromatic carbocycles. The molecule has 2 aromatic rings. The summed E-state index contributed by atoms with van der Waals surface area (Å²) >= 11 is 1.35. The van der Waals surface area contributed by atoms with Gasteiger partial charge in [-0.15, -0.1) is 11.8 Å². The zero-order valence-corrected chi connectivity index (χ0v) is 17.4. The van der Waals surface area contributed by atoms with E-state index in [1.165, 1.54) is 17.8 Å². The first-order valence-electron chi connectivity index (χ1n) is 9.36. The van der Waals surface area contributed by atoms with Crippen LogP contribution >= 0.6 is 11.8 Å². The smallest absolute Gasteiger partial charge is 0.242 e. The number of thioether (sulfide) groups is 1. The molecular formula is C22H27FN2O2S. The molecule has 0 heterocycles. The summed E-state index contributed by atoms with van der Waals surface area (Å²) in [6, 6.07) is 13.9. The van der Waals surface area contributed by atoms with Crippen molar-refractivity contribution < 1.29 is 14.0 Å². The highest BCUT2D eigenvalue weighted by Gasteiger charge is 2.25. The number of hydrogen-bond acceptors (Lipinski definition) is 3. The van der Waals surface area contributed by atoms with Crippen LogP contribution in [0.5, 0.6) is 0 Å². The summed E-state index contributed by atoms with van der Waals surface area (Å²) in [6.07, 6.45) is 0. The molecule has 0 saturated carbocycles. The molecule has 1 atom stereocenters. The van der Waals surface area contributed by atoms with E-state index in [1.807, 2.05) is 38.1 Å². The number of carbonyl (C=O) groups excluding carboxylic acids is 2. The Morgan fingerprint density at radius 2 is 1.82 bits per heavy atom. The molecular weight excluding hydrogens is 375 g/mol. The summed E-state index contributed by atoms with van der Waals surface area (Å²) in [5.41, 5.74) is 2.68. The largest absolute Gasteiger partial charge is 0.355 e. The van der Waals surface area contributed by atoms with Crippen molar-refractivity contribution in [2.75, 3.05) is 12.3 Å². The average Bonchev–Trinajstić information content (AvgIpc) is 2.68. The summed E-state index contributed by atoms with van der Waals surface area (Å²) < 4.78 is 13.7. The third-order valence-corrected chi connectivity index (χ3v) is 5.40. The molecule has 150 valence electrons. The number of aryl methyl sites for hydroxylation is 1. The molecule has 0 aliphatic heterocycles. The van der Waals surface area contributed by atoms with Gasteiger partial charge in [0.25, 0.3) is 0 Å². The summed E-state index contributed by atoms with van der Waals surface area (Å²) in [4.78, 5) is 26.8. The van der Waals surface area contributed by atoms with Crippen LogP contribution in [0.3, 0.4) is 0 Å². The molecule has 4 nitrogen and oxygen atoms in total. The summed E-state index contributed by atoms with van der Waals surface area (Å²) in [6.45, 7) is 6.46. The predicted molar refractivity (Wildman–Crippen MR) is 112 cm³/mol. The summed E-state index contributed by atoms with van der Waals surface area (Å²) in [5.74, 6) is 0.00776. The number of rotatable bonds is 9. The summed E-state index contributed by atoms with van der Waals surface area (Å²) in [5, 5.41) is 2.78. The second kappa shape index (κ2) is 10.9. The second-order valence-corrected chi connectivity index (χ2v) is 7.65. The predicted octanol–water partition coefficient (Wildman–Crippen LogP) is 3.92. The SMILES string of the molecule is CCNC(=O)[C@H](C)N(Cc1ccc(C)cc1)C(=O)CSCc1ccccc1F. The van der Waals surface area contributed by atoms with Crippen molar-refractivity contribution >= 4 is 23.6 Å². The summed E-state index contributed by atoms with van der Waals surface area (Å²) in [7, 11) is 0. The highest BCUT2D eigenvalue weighted by molar-refractivity contribution is 7.99. The maximum absolute atomic E-state index is 13.7. The monoisotopic (exact) mass is 402 g/mol. The maximum atomic E-state index is 13.7. The van der Waals surface area contributed by atoms with E-state index in [-0.39, 0.29) is 23.4 Å². The van der Waals surface area contributed by atoms with Crippen LogP contribution in [0.25, 0.3) is 0 Å². The molecule has 0 fully saturated rings. The van der Waals surface area contributed by atoms with E-state index in [0.717, 1.165) is 11.1 Å². The molecule has 0 spiro atoms. The fraction of sp³-hybridized carbons (Fsp3) is 0.364. The Morgan fingerprint density at radius 3 is 2.46 bits per heavy atom. The lowest BCUT2D eigenvalue weighted by Gasteiger charge is -2.28. The number of carbonyl (C=O) groups is 2. The van der Waals surface area contributed by atoms with Gasteiger partial charge < -0.3 is 10.2 Å². The van der Waals surface area contributed by atoms with E-state index >= 15 is 0 Å². The van der Waals surface area contributed by atoms with Gasteiger partial charge in [-0.25, -0.2) is 4.39 Å². The zero-order chi connectivity index (χ0) is 20.5. The molecule has 0 aliphatic rings. The van der Waals surface area contributed by atoms with Crippen molar-refractivity contribution in [1.82, 2.24) is 10.2 Å². The van der Waals surface area contributed by atoms with E-state index in [1.54, 1.807) is 30.0 Å². The minimum absolute atomic E-state index is 0.138. The molecule has 0 aliphatic carbocycles. The molecule has 1 N–H and O–H groups in total. The van der Waals surface area contributed by atoms with Crippen molar-refractivity contribution in [3.8, 4) is 0 Å². The van der Waals surface area contributed by atoms with Gasteiger partial charge in [-0.3, -0.25) is 9.59 Å². The second-order valence-electron chi connectivity index (χ2n) is 6.66. The lowest BCUT2D eigenvalue weighted by molar-refractivity contribution is -0.138. The Morgan fingerprint density at radius 1 is 1.14 bits per heavy atom. The van der Waals surface area contributed by atoms with Crippen LogP contribution in [-0.4, -0.2) is 35.1 Å². The van der Waals surface area contributed by atoms with E-state index in [0.29, 0.717) is 24.4 Å². The van der Waals surface area contributed by atoms with Gasteiger partial charge in [0.1, 0.15) is 11.9 Å². The Hall–Kier alpha value is -2.34. The Kier molecular flexibility index (Phi) is 8.51. The van der Waals surface area contributed by atoms with Crippen LogP contribution in [0.4, 0.5) is 4.39 Å². The van der Waals surface area contributed by atoms with Crippen LogP contribution in [-0.2, 0) is 21.9 Å². The van der Waals surface area contributed by atoms with Gasteiger partial charge in [-0.05, 0) is 38.0 Å². The van der Waals surface area contributed by atoms with Gasteiger partial charge in [0.2, 0.25) is 11.8 Å². The molecule has 0 bridgehead atoms.